The van der Waals surface area contributed by atoms with Gasteiger partial charge >= 0.3 is 0 Å². The second-order valence-electron chi connectivity index (χ2n) is 4.23. The molecule has 0 spiro atoms. The lowest BCUT2D eigenvalue weighted by Gasteiger charge is -2.26. The van der Waals surface area contributed by atoms with Gasteiger partial charge in [-0.3, -0.25) is 0 Å². The molecule has 86 valence electrons. The third-order valence-corrected chi connectivity index (χ3v) is 2.62. The summed E-state index contributed by atoms with van der Waals surface area (Å²) in [5, 5.41) is 0. The summed E-state index contributed by atoms with van der Waals surface area (Å²) >= 11 is 0. The molecule has 1 rings (SSSR count). The highest BCUT2D eigenvalue weighted by molar-refractivity contribution is 5.26. The van der Waals surface area contributed by atoms with Crippen LogP contribution in [-0.2, 0) is 0 Å². The van der Waals surface area contributed by atoms with Gasteiger partial charge in [-0.25, -0.2) is 4.39 Å². The summed E-state index contributed by atoms with van der Waals surface area (Å²) in [4.78, 5) is 4.20. The molecule has 3 nitrogen and oxygen atoms in total. The van der Waals surface area contributed by atoms with Crippen LogP contribution in [0.4, 0.5) is 4.39 Å². The first-order chi connectivity index (χ1) is 7.00. The topological polar surface area (TPSA) is 32.5 Å². The molecule has 0 atom stereocenters. The van der Waals surface area contributed by atoms with Crippen LogP contribution in [0.2, 0.25) is 0 Å². The van der Waals surface area contributed by atoms with E-state index >= 15 is 0 Å². The molecule has 0 unspecified atom stereocenters. The van der Waals surface area contributed by atoms with Crippen LogP contribution in [0, 0.1) is 0 Å². The minimum atomic E-state index is -0.270. The zero-order valence-corrected chi connectivity index (χ0v) is 9.76. The molecule has 0 fully saturated rings. The first-order valence-electron chi connectivity index (χ1n) is 5.21. The van der Waals surface area contributed by atoms with E-state index in [0.717, 1.165) is 25.2 Å². The molecule has 0 aliphatic heterocycles. The molecule has 0 saturated carbocycles. The van der Waals surface area contributed by atoms with Crippen LogP contribution in [0.5, 0.6) is 0 Å². The van der Waals surface area contributed by atoms with E-state index in [1.54, 1.807) is 6.08 Å². The summed E-state index contributed by atoms with van der Waals surface area (Å²) in [7, 11) is 6.05. The molecule has 1 aliphatic carbocycles. The standard InChI is InChI=1S/C11H20FN3/c1-14(2)6-7-15(3)9-4-5-11(13)10(12)8-9/h8H,4-7,13H2,1-3H3. The summed E-state index contributed by atoms with van der Waals surface area (Å²) in [6.45, 7) is 1.88. The van der Waals surface area contributed by atoms with Gasteiger partial charge < -0.3 is 15.5 Å². The van der Waals surface area contributed by atoms with Crippen molar-refractivity contribution < 1.29 is 4.39 Å². The van der Waals surface area contributed by atoms with Crippen molar-refractivity contribution >= 4 is 0 Å². The Bertz CT molecular complexity index is 282. The summed E-state index contributed by atoms with van der Waals surface area (Å²) in [5.74, 6) is -0.270. The third-order valence-electron chi connectivity index (χ3n) is 2.62. The van der Waals surface area contributed by atoms with Gasteiger partial charge in [0, 0.05) is 31.5 Å². The van der Waals surface area contributed by atoms with E-state index in [4.69, 9.17) is 5.73 Å². The number of likely N-dealkylation sites (N-methyl/N-ethyl adjacent to an activating group) is 2. The van der Waals surface area contributed by atoms with Crippen LogP contribution in [0.1, 0.15) is 12.8 Å². The minimum absolute atomic E-state index is 0.270. The smallest absolute Gasteiger partial charge is 0.143 e. The zero-order chi connectivity index (χ0) is 11.4. The fourth-order valence-electron chi connectivity index (χ4n) is 1.49. The SMILES string of the molecule is CN(C)CCN(C)C1=CC(F)=C(N)CC1. The quantitative estimate of drug-likeness (QED) is 0.764. The van der Waals surface area contributed by atoms with Crippen molar-refractivity contribution in [2.75, 3.05) is 34.2 Å². The van der Waals surface area contributed by atoms with Crippen molar-refractivity contribution in [3.8, 4) is 0 Å². The molecule has 4 heteroatoms. The van der Waals surface area contributed by atoms with Gasteiger partial charge in [-0.2, -0.15) is 0 Å². The highest BCUT2D eigenvalue weighted by Crippen LogP contribution is 2.23. The fraction of sp³-hybridized carbons (Fsp3) is 0.636. The molecule has 15 heavy (non-hydrogen) atoms. The molecule has 0 bridgehead atoms. The molecule has 0 aromatic rings. The van der Waals surface area contributed by atoms with Crippen LogP contribution in [0.25, 0.3) is 0 Å². The number of hydrogen-bond acceptors (Lipinski definition) is 3. The Balaban J connectivity index is 2.54. The predicted molar refractivity (Wildman–Crippen MR) is 60.8 cm³/mol. The number of nitrogens with zero attached hydrogens (tertiary/aromatic N) is 2. The van der Waals surface area contributed by atoms with Gasteiger partial charge in [0.25, 0.3) is 0 Å². The van der Waals surface area contributed by atoms with Crippen LogP contribution in [0.15, 0.2) is 23.3 Å². The van der Waals surface area contributed by atoms with E-state index in [-0.39, 0.29) is 5.83 Å². The average Bonchev–Trinajstić information content (AvgIpc) is 2.18. The van der Waals surface area contributed by atoms with Crippen molar-refractivity contribution in [2.45, 2.75) is 12.8 Å². The number of nitrogens with two attached hydrogens (primary N) is 1. The van der Waals surface area contributed by atoms with Crippen LogP contribution in [-0.4, -0.2) is 44.0 Å². The van der Waals surface area contributed by atoms with E-state index in [2.05, 4.69) is 9.80 Å². The molecule has 0 aromatic carbocycles. The number of allylic oxidation sites excluding steroid dienone is 4. The van der Waals surface area contributed by atoms with Gasteiger partial charge in [-0.05, 0) is 33.0 Å². The second-order valence-corrected chi connectivity index (χ2v) is 4.23. The lowest BCUT2D eigenvalue weighted by atomic mass is 10.1. The first kappa shape index (κ1) is 12.0. The Kier molecular flexibility index (Phi) is 4.15. The first-order valence-corrected chi connectivity index (χ1v) is 5.21. The Labute approximate surface area is 91.0 Å². The minimum Gasteiger partial charge on any atom is -0.400 e. The van der Waals surface area contributed by atoms with Gasteiger partial charge in [0.15, 0.2) is 0 Å². The maximum Gasteiger partial charge on any atom is 0.143 e. The maximum atomic E-state index is 13.2. The molecule has 0 aromatic heterocycles. The maximum absolute atomic E-state index is 13.2. The van der Waals surface area contributed by atoms with E-state index < -0.39 is 0 Å². The Morgan fingerprint density at radius 2 is 1.93 bits per heavy atom. The van der Waals surface area contributed by atoms with Gasteiger partial charge in [-0.15, -0.1) is 0 Å². The van der Waals surface area contributed by atoms with E-state index in [1.165, 1.54) is 0 Å². The van der Waals surface area contributed by atoms with Crippen molar-refractivity contribution in [2.24, 2.45) is 5.73 Å². The highest BCUT2D eigenvalue weighted by Gasteiger charge is 2.13. The lowest BCUT2D eigenvalue weighted by Crippen LogP contribution is -2.29. The number of halogens is 1. The largest absolute Gasteiger partial charge is 0.400 e. The zero-order valence-electron chi connectivity index (χ0n) is 9.76. The number of rotatable bonds is 4. The second kappa shape index (κ2) is 5.16. The van der Waals surface area contributed by atoms with Gasteiger partial charge in [0.2, 0.25) is 0 Å². The highest BCUT2D eigenvalue weighted by atomic mass is 19.1. The van der Waals surface area contributed by atoms with Gasteiger partial charge in [-0.1, -0.05) is 0 Å². The molecular formula is C11H20FN3. The summed E-state index contributed by atoms with van der Waals surface area (Å²) < 4.78 is 13.2. The van der Waals surface area contributed by atoms with E-state index in [0.29, 0.717) is 12.1 Å². The number of hydrogen-bond donors (Lipinski definition) is 1. The molecular weight excluding hydrogens is 193 g/mol. The van der Waals surface area contributed by atoms with E-state index in [1.807, 2.05) is 21.1 Å². The van der Waals surface area contributed by atoms with Crippen molar-refractivity contribution in [1.29, 1.82) is 0 Å². The lowest BCUT2D eigenvalue weighted by molar-refractivity contribution is 0.317. The van der Waals surface area contributed by atoms with Gasteiger partial charge in [0.05, 0.1) is 0 Å². The monoisotopic (exact) mass is 213 g/mol. The average molecular weight is 213 g/mol. The van der Waals surface area contributed by atoms with Crippen LogP contribution >= 0.6 is 0 Å². The Morgan fingerprint density at radius 3 is 2.47 bits per heavy atom. The van der Waals surface area contributed by atoms with E-state index in [9.17, 15) is 4.39 Å². The molecule has 1 aliphatic rings. The van der Waals surface area contributed by atoms with Crippen LogP contribution in [0.3, 0.4) is 0 Å². The normalized spacial score (nSPS) is 17.0. The molecule has 0 heterocycles. The third kappa shape index (κ3) is 3.55. The van der Waals surface area contributed by atoms with Crippen LogP contribution < -0.4 is 5.73 Å². The summed E-state index contributed by atoms with van der Waals surface area (Å²) in [6.07, 6.45) is 3.02. The molecule has 0 saturated heterocycles. The molecule has 2 N–H and O–H groups in total. The fourth-order valence-corrected chi connectivity index (χ4v) is 1.49. The van der Waals surface area contributed by atoms with Crippen molar-refractivity contribution in [1.82, 2.24) is 9.80 Å². The molecule has 0 amide bonds. The Hall–Kier alpha value is -1.03. The summed E-state index contributed by atoms with van der Waals surface area (Å²) in [6, 6.07) is 0. The predicted octanol–water partition coefficient (Wildman–Crippen LogP) is 1.30. The Morgan fingerprint density at radius 1 is 1.27 bits per heavy atom. The molecule has 0 radical (unpaired) electrons. The van der Waals surface area contributed by atoms with Gasteiger partial charge in [0.1, 0.15) is 5.83 Å². The van der Waals surface area contributed by atoms with Crippen molar-refractivity contribution in [3.63, 3.8) is 0 Å². The van der Waals surface area contributed by atoms with Crippen molar-refractivity contribution in [3.05, 3.63) is 23.3 Å². The summed E-state index contributed by atoms with van der Waals surface area (Å²) in [5.41, 5.74) is 6.90.